The Balaban J connectivity index is 1.47. The highest BCUT2D eigenvalue weighted by atomic mass is 32.2. The van der Waals surface area contributed by atoms with Gasteiger partial charge >= 0.3 is 0 Å². The molecule has 2 nitrogen and oxygen atoms in total. The molecule has 0 aliphatic carbocycles. The summed E-state index contributed by atoms with van der Waals surface area (Å²) in [5.41, 5.74) is 0. The van der Waals surface area contributed by atoms with Crippen molar-refractivity contribution in [3.63, 3.8) is 0 Å². The predicted molar refractivity (Wildman–Crippen MR) is 77.8 cm³/mol. The molecule has 17 heavy (non-hydrogen) atoms. The van der Waals surface area contributed by atoms with Crippen LogP contribution in [0.3, 0.4) is 0 Å². The average Bonchev–Trinajstić information content (AvgIpc) is 2.73. The van der Waals surface area contributed by atoms with Crippen molar-refractivity contribution >= 4 is 11.8 Å². The third kappa shape index (κ3) is 4.46. The Kier molecular flexibility index (Phi) is 6.16. The van der Waals surface area contributed by atoms with E-state index in [1.807, 2.05) is 11.8 Å². The molecule has 0 aromatic rings. The number of hydrogen-bond acceptors (Lipinski definition) is 3. The summed E-state index contributed by atoms with van der Waals surface area (Å²) in [5, 5.41) is 3.81. The second kappa shape index (κ2) is 7.65. The number of piperidine rings is 1. The summed E-state index contributed by atoms with van der Waals surface area (Å²) in [7, 11) is 0. The van der Waals surface area contributed by atoms with Gasteiger partial charge in [-0.05, 0) is 63.2 Å². The van der Waals surface area contributed by atoms with Crippen LogP contribution in [0.2, 0.25) is 0 Å². The van der Waals surface area contributed by atoms with E-state index < -0.39 is 0 Å². The Bertz CT molecular complexity index is 210. The number of rotatable bonds is 8. The minimum atomic E-state index is 0.833. The van der Waals surface area contributed by atoms with Gasteiger partial charge in [-0.25, -0.2) is 0 Å². The molecule has 2 aliphatic rings. The lowest BCUT2D eigenvalue weighted by molar-refractivity contribution is 0.221. The lowest BCUT2D eigenvalue weighted by atomic mass is 9.94. The highest BCUT2D eigenvalue weighted by Crippen LogP contribution is 2.26. The monoisotopic (exact) mass is 256 g/mol. The van der Waals surface area contributed by atoms with Gasteiger partial charge in [0.1, 0.15) is 0 Å². The summed E-state index contributed by atoms with van der Waals surface area (Å²) in [6.45, 7) is 5.31. The Morgan fingerprint density at radius 2 is 1.94 bits per heavy atom. The number of hydrogen-bond donors (Lipinski definition) is 1. The van der Waals surface area contributed by atoms with Gasteiger partial charge in [-0.2, -0.15) is 11.8 Å². The van der Waals surface area contributed by atoms with E-state index in [0.717, 1.165) is 12.0 Å². The van der Waals surface area contributed by atoms with E-state index in [9.17, 15) is 0 Å². The van der Waals surface area contributed by atoms with E-state index in [2.05, 4.69) is 16.5 Å². The van der Waals surface area contributed by atoms with Crippen molar-refractivity contribution in [1.82, 2.24) is 10.2 Å². The van der Waals surface area contributed by atoms with Crippen LogP contribution in [0.4, 0.5) is 0 Å². The Morgan fingerprint density at radius 1 is 1.12 bits per heavy atom. The molecule has 0 amide bonds. The van der Waals surface area contributed by atoms with Crippen molar-refractivity contribution in [2.75, 3.05) is 38.2 Å². The van der Waals surface area contributed by atoms with Gasteiger partial charge in [0, 0.05) is 12.6 Å². The molecule has 0 spiro atoms. The fraction of sp³-hybridized carbons (Fsp3) is 1.00. The Morgan fingerprint density at radius 3 is 2.82 bits per heavy atom. The molecule has 100 valence electrons. The van der Waals surface area contributed by atoms with Gasteiger partial charge in [0.25, 0.3) is 0 Å². The van der Waals surface area contributed by atoms with Crippen molar-refractivity contribution < 1.29 is 0 Å². The topological polar surface area (TPSA) is 15.3 Å². The first kappa shape index (κ1) is 13.7. The quantitative estimate of drug-likeness (QED) is 0.672. The third-order valence-electron chi connectivity index (χ3n) is 4.32. The smallest absolute Gasteiger partial charge is 0.0120 e. The number of fused-ring (bicyclic) bond motifs is 2. The SMILES string of the molecule is CSCCCCCCNC1CCN2CCC1C2. The summed E-state index contributed by atoms with van der Waals surface area (Å²) < 4.78 is 0. The molecule has 2 rings (SSSR count). The Hall–Kier alpha value is 0.270. The highest BCUT2D eigenvalue weighted by Gasteiger charge is 2.33. The van der Waals surface area contributed by atoms with Gasteiger partial charge in [-0.3, -0.25) is 0 Å². The van der Waals surface area contributed by atoms with Crippen molar-refractivity contribution in [3.05, 3.63) is 0 Å². The zero-order valence-electron chi connectivity index (χ0n) is 11.3. The minimum Gasteiger partial charge on any atom is -0.314 e. The molecule has 3 atom stereocenters. The molecule has 3 heteroatoms. The fourth-order valence-corrected chi connectivity index (χ4v) is 3.73. The zero-order valence-corrected chi connectivity index (χ0v) is 12.1. The number of thioether (sulfide) groups is 1. The van der Waals surface area contributed by atoms with E-state index in [0.29, 0.717) is 0 Å². The third-order valence-corrected chi connectivity index (χ3v) is 5.01. The maximum absolute atomic E-state index is 3.81. The second-order valence-corrected chi connectivity index (χ2v) is 6.59. The van der Waals surface area contributed by atoms with Crippen LogP contribution in [-0.4, -0.2) is 49.1 Å². The van der Waals surface area contributed by atoms with Crippen LogP contribution in [0.15, 0.2) is 0 Å². The van der Waals surface area contributed by atoms with Crippen molar-refractivity contribution in [3.8, 4) is 0 Å². The molecule has 3 unspecified atom stereocenters. The van der Waals surface area contributed by atoms with Crippen LogP contribution in [-0.2, 0) is 0 Å². The summed E-state index contributed by atoms with van der Waals surface area (Å²) in [6, 6.07) is 0.833. The van der Waals surface area contributed by atoms with E-state index in [1.54, 1.807) is 0 Å². The van der Waals surface area contributed by atoms with Crippen LogP contribution in [0.25, 0.3) is 0 Å². The first-order chi connectivity index (χ1) is 8.40. The molecule has 2 fully saturated rings. The molecule has 0 saturated carbocycles. The molecule has 2 aliphatic heterocycles. The standard InChI is InChI=1S/C14H28N2S/c1-17-11-5-3-2-4-8-15-14-7-10-16-9-6-13(14)12-16/h13-15H,2-12H2,1H3. The van der Waals surface area contributed by atoms with Crippen molar-refractivity contribution in [2.24, 2.45) is 5.92 Å². The van der Waals surface area contributed by atoms with E-state index in [-0.39, 0.29) is 0 Å². The molecule has 1 N–H and O–H groups in total. The zero-order chi connectivity index (χ0) is 11.9. The normalized spacial score (nSPS) is 31.9. The van der Waals surface area contributed by atoms with Crippen LogP contribution in [0.1, 0.15) is 38.5 Å². The first-order valence-corrected chi connectivity index (χ1v) is 8.74. The molecule has 0 aromatic heterocycles. The minimum absolute atomic E-state index is 0.833. The molecular formula is C14H28N2S. The van der Waals surface area contributed by atoms with Crippen molar-refractivity contribution in [1.29, 1.82) is 0 Å². The number of unbranched alkanes of at least 4 members (excludes halogenated alkanes) is 3. The molecule has 2 heterocycles. The lowest BCUT2D eigenvalue weighted by Crippen LogP contribution is -2.44. The van der Waals surface area contributed by atoms with Gasteiger partial charge in [-0.15, -0.1) is 0 Å². The van der Waals surface area contributed by atoms with E-state index >= 15 is 0 Å². The van der Waals surface area contributed by atoms with Crippen molar-refractivity contribution in [2.45, 2.75) is 44.6 Å². The maximum atomic E-state index is 3.81. The van der Waals surface area contributed by atoms with Gasteiger partial charge in [0.2, 0.25) is 0 Å². The maximum Gasteiger partial charge on any atom is 0.0120 e. The van der Waals surface area contributed by atoms with Gasteiger partial charge < -0.3 is 10.2 Å². The summed E-state index contributed by atoms with van der Waals surface area (Å²) in [5.74, 6) is 2.30. The van der Waals surface area contributed by atoms with Crippen LogP contribution in [0.5, 0.6) is 0 Å². The molecule has 2 saturated heterocycles. The van der Waals surface area contributed by atoms with E-state index in [4.69, 9.17) is 0 Å². The second-order valence-electron chi connectivity index (χ2n) is 5.61. The molecular weight excluding hydrogens is 228 g/mol. The van der Waals surface area contributed by atoms with Crippen LogP contribution >= 0.6 is 11.8 Å². The fourth-order valence-electron chi connectivity index (χ4n) is 3.23. The van der Waals surface area contributed by atoms with Crippen LogP contribution in [0, 0.1) is 5.92 Å². The highest BCUT2D eigenvalue weighted by molar-refractivity contribution is 7.98. The predicted octanol–water partition coefficient (Wildman–Crippen LogP) is 2.59. The van der Waals surface area contributed by atoms with Gasteiger partial charge in [-0.1, -0.05) is 12.8 Å². The van der Waals surface area contributed by atoms with Gasteiger partial charge in [0.05, 0.1) is 0 Å². The number of nitrogens with zero attached hydrogens (tertiary/aromatic N) is 1. The first-order valence-electron chi connectivity index (χ1n) is 7.35. The largest absolute Gasteiger partial charge is 0.314 e. The number of nitrogens with one attached hydrogen (secondary N) is 1. The molecule has 2 bridgehead atoms. The van der Waals surface area contributed by atoms with E-state index in [1.165, 1.54) is 70.5 Å². The summed E-state index contributed by atoms with van der Waals surface area (Å²) in [4.78, 5) is 2.63. The summed E-state index contributed by atoms with van der Waals surface area (Å²) >= 11 is 1.98. The average molecular weight is 256 g/mol. The van der Waals surface area contributed by atoms with Crippen LogP contribution < -0.4 is 5.32 Å². The molecule has 0 radical (unpaired) electrons. The lowest BCUT2D eigenvalue weighted by Gasteiger charge is -2.31. The summed E-state index contributed by atoms with van der Waals surface area (Å²) in [6.07, 6.45) is 10.6. The molecule has 0 aromatic carbocycles. The Labute approximate surface area is 111 Å². The van der Waals surface area contributed by atoms with Gasteiger partial charge in [0.15, 0.2) is 0 Å².